The van der Waals surface area contributed by atoms with E-state index in [0.717, 1.165) is 21.9 Å². The van der Waals surface area contributed by atoms with Crippen LogP contribution in [0.5, 0.6) is 0 Å². The number of piperidine rings is 1. The van der Waals surface area contributed by atoms with Crippen LogP contribution in [0, 0.1) is 5.92 Å². The Morgan fingerprint density at radius 3 is 2.41 bits per heavy atom. The number of carbonyl (C=O) groups excluding carboxylic acids is 3. The van der Waals surface area contributed by atoms with E-state index in [1.54, 1.807) is 0 Å². The molecule has 0 aliphatic carbocycles. The van der Waals surface area contributed by atoms with Crippen LogP contribution in [0.2, 0.25) is 5.02 Å². The Morgan fingerprint density at radius 1 is 1.22 bits per heavy atom. The SMILES string of the molecule is NC(=O)C1CC[NH+]([C@@H]2CC(=O)N(c3ccc(Cl)c(C(F)(F)F)c3)C2=O)CC1. The van der Waals surface area contributed by atoms with Crippen LogP contribution in [-0.2, 0) is 20.6 Å². The normalized spacial score (nSPS) is 26.5. The fourth-order valence-electron chi connectivity index (χ4n) is 3.71. The summed E-state index contributed by atoms with van der Waals surface area (Å²) in [6, 6.07) is 2.30. The predicted octanol–water partition coefficient (Wildman–Crippen LogP) is 0.771. The van der Waals surface area contributed by atoms with Crippen molar-refractivity contribution in [3.05, 3.63) is 28.8 Å². The molecular formula is C17H18ClF3N3O3+. The van der Waals surface area contributed by atoms with Gasteiger partial charge in [-0.25, -0.2) is 4.90 Å². The highest BCUT2D eigenvalue weighted by Crippen LogP contribution is 2.37. The minimum atomic E-state index is -4.69. The van der Waals surface area contributed by atoms with E-state index in [-0.39, 0.29) is 23.9 Å². The quantitative estimate of drug-likeness (QED) is 0.730. The van der Waals surface area contributed by atoms with Crippen LogP contribution in [0.1, 0.15) is 24.8 Å². The van der Waals surface area contributed by atoms with E-state index in [9.17, 15) is 27.6 Å². The average molecular weight is 405 g/mol. The minimum absolute atomic E-state index is 0.0839. The number of carbonyl (C=O) groups is 3. The zero-order chi connectivity index (χ0) is 19.9. The topological polar surface area (TPSA) is 84.9 Å². The van der Waals surface area contributed by atoms with Crippen molar-refractivity contribution in [1.29, 1.82) is 0 Å². The maximum absolute atomic E-state index is 13.1. The number of hydrogen-bond acceptors (Lipinski definition) is 3. The van der Waals surface area contributed by atoms with Crippen molar-refractivity contribution in [2.75, 3.05) is 18.0 Å². The van der Waals surface area contributed by atoms with Gasteiger partial charge >= 0.3 is 6.18 Å². The first-order chi connectivity index (χ1) is 12.6. The molecule has 3 amide bonds. The number of benzene rings is 1. The van der Waals surface area contributed by atoms with E-state index in [2.05, 4.69) is 0 Å². The number of anilines is 1. The summed E-state index contributed by atoms with van der Waals surface area (Å²) < 4.78 is 39.2. The maximum atomic E-state index is 13.1. The van der Waals surface area contributed by atoms with Gasteiger partial charge < -0.3 is 10.6 Å². The average Bonchev–Trinajstić information content (AvgIpc) is 2.89. The van der Waals surface area contributed by atoms with Gasteiger partial charge in [0.1, 0.15) is 0 Å². The molecule has 27 heavy (non-hydrogen) atoms. The highest BCUT2D eigenvalue weighted by molar-refractivity contribution is 6.31. The molecular weight excluding hydrogens is 387 g/mol. The van der Waals surface area contributed by atoms with Crippen molar-refractivity contribution in [1.82, 2.24) is 0 Å². The molecule has 146 valence electrons. The molecule has 2 aliphatic heterocycles. The van der Waals surface area contributed by atoms with Gasteiger partial charge in [0.15, 0.2) is 6.04 Å². The fourth-order valence-corrected chi connectivity index (χ4v) is 3.94. The molecule has 6 nitrogen and oxygen atoms in total. The van der Waals surface area contributed by atoms with Crippen LogP contribution in [0.3, 0.4) is 0 Å². The van der Waals surface area contributed by atoms with Gasteiger partial charge in [0, 0.05) is 18.8 Å². The van der Waals surface area contributed by atoms with Crippen molar-refractivity contribution < 1.29 is 32.5 Å². The molecule has 0 bridgehead atoms. The van der Waals surface area contributed by atoms with Gasteiger partial charge in [-0.15, -0.1) is 0 Å². The summed E-state index contributed by atoms with van der Waals surface area (Å²) in [4.78, 5) is 38.0. The largest absolute Gasteiger partial charge is 0.417 e. The number of hydrogen-bond donors (Lipinski definition) is 2. The summed E-state index contributed by atoms with van der Waals surface area (Å²) in [5.74, 6) is -1.72. The molecule has 2 saturated heterocycles. The lowest BCUT2D eigenvalue weighted by Crippen LogP contribution is -3.17. The summed E-state index contributed by atoms with van der Waals surface area (Å²) in [6.07, 6.45) is -3.75. The van der Waals surface area contributed by atoms with Crippen molar-refractivity contribution in [3.8, 4) is 0 Å². The smallest absolute Gasteiger partial charge is 0.369 e. The number of quaternary nitrogens is 1. The van der Waals surface area contributed by atoms with Crippen molar-refractivity contribution in [2.24, 2.45) is 11.7 Å². The van der Waals surface area contributed by atoms with Gasteiger partial charge in [0.2, 0.25) is 11.8 Å². The molecule has 1 atom stereocenters. The third-order valence-electron chi connectivity index (χ3n) is 5.18. The van der Waals surface area contributed by atoms with Gasteiger partial charge in [-0.05, 0) is 18.2 Å². The second-order valence-electron chi connectivity index (χ2n) is 6.82. The molecule has 2 aliphatic rings. The van der Waals surface area contributed by atoms with E-state index in [1.807, 2.05) is 0 Å². The predicted molar refractivity (Wildman–Crippen MR) is 90.0 cm³/mol. The number of nitrogens with zero attached hydrogens (tertiary/aromatic N) is 1. The van der Waals surface area contributed by atoms with Crippen LogP contribution in [0.25, 0.3) is 0 Å². The maximum Gasteiger partial charge on any atom is 0.417 e. The molecule has 0 unspecified atom stereocenters. The second kappa shape index (κ2) is 7.12. The van der Waals surface area contributed by atoms with Crippen LogP contribution in [-0.4, -0.2) is 36.9 Å². The molecule has 0 spiro atoms. The number of alkyl halides is 3. The molecule has 0 aromatic heterocycles. The Kier molecular flexibility index (Phi) is 5.18. The van der Waals surface area contributed by atoms with Crippen molar-refractivity contribution >= 4 is 35.0 Å². The fraction of sp³-hybridized carbons (Fsp3) is 0.471. The molecule has 3 rings (SSSR count). The minimum Gasteiger partial charge on any atom is -0.369 e. The summed E-state index contributed by atoms with van der Waals surface area (Å²) in [5.41, 5.74) is 4.05. The van der Waals surface area contributed by atoms with Crippen LogP contribution >= 0.6 is 11.6 Å². The number of likely N-dealkylation sites (tertiary alicyclic amines) is 1. The lowest BCUT2D eigenvalue weighted by molar-refractivity contribution is -0.920. The van der Waals surface area contributed by atoms with Gasteiger partial charge in [-0.1, -0.05) is 11.6 Å². The third-order valence-corrected chi connectivity index (χ3v) is 5.51. The number of nitrogens with two attached hydrogens (primary N) is 1. The monoisotopic (exact) mass is 404 g/mol. The summed E-state index contributed by atoms with van der Waals surface area (Å²) in [7, 11) is 0. The van der Waals surface area contributed by atoms with E-state index >= 15 is 0 Å². The Morgan fingerprint density at radius 2 is 1.85 bits per heavy atom. The molecule has 3 N–H and O–H groups in total. The molecule has 10 heteroatoms. The van der Waals surface area contributed by atoms with E-state index in [0.29, 0.717) is 25.9 Å². The van der Waals surface area contributed by atoms with Crippen LogP contribution in [0.4, 0.5) is 18.9 Å². The molecule has 1 aromatic rings. The van der Waals surface area contributed by atoms with Crippen molar-refractivity contribution in [3.63, 3.8) is 0 Å². The van der Waals surface area contributed by atoms with Crippen molar-refractivity contribution in [2.45, 2.75) is 31.5 Å². The van der Waals surface area contributed by atoms with Gasteiger partial charge in [0.05, 0.1) is 35.8 Å². The van der Waals surface area contributed by atoms with E-state index in [4.69, 9.17) is 17.3 Å². The molecule has 0 saturated carbocycles. The van der Waals surface area contributed by atoms with Gasteiger partial charge in [-0.3, -0.25) is 14.4 Å². The Hall–Kier alpha value is -2.13. The first-order valence-electron chi connectivity index (χ1n) is 8.47. The Bertz CT molecular complexity index is 791. The Labute approximate surface area is 158 Å². The summed E-state index contributed by atoms with van der Waals surface area (Å²) in [5, 5.41) is -0.499. The first kappa shape index (κ1) is 19.6. The standard InChI is InChI=1S/C17H17ClF3N3O3/c18-12-2-1-10(7-11(12)17(19,20)21)24-14(25)8-13(16(24)27)23-5-3-9(4-6-23)15(22)26/h1-2,7,9,13H,3-6,8H2,(H2,22,26)/p+1/t13-/m1/s1. The lowest BCUT2D eigenvalue weighted by atomic mass is 9.95. The number of amides is 3. The molecule has 0 radical (unpaired) electrons. The summed E-state index contributed by atoms with van der Waals surface area (Å²) in [6.45, 7) is 0.999. The molecule has 2 fully saturated rings. The number of imide groups is 1. The lowest BCUT2D eigenvalue weighted by Gasteiger charge is -2.30. The number of halogens is 4. The van der Waals surface area contributed by atoms with Crippen LogP contribution in [0.15, 0.2) is 18.2 Å². The second-order valence-corrected chi connectivity index (χ2v) is 7.23. The summed E-state index contributed by atoms with van der Waals surface area (Å²) >= 11 is 5.60. The van der Waals surface area contributed by atoms with Crippen LogP contribution < -0.4 is 15.5 Å². The molecule has 2 heterocycles. The third kappa shape index (κ3) is 3.79. The van der Waals surface area contributed by atoms with E-state index < -0.39 is 34.6 Å². The Balaban J connectivity index is 1.80. The highest BCUT2D eigenvalue weighted by atomic mass is 35.5. The van der Waals surface area contributed by atoms with Gasteiger partial charge in [0.25, 0.3) is 5.91 Å². The zero-order valence-electron chi connectivity index (χ0n) is 14.2. The zero-order valence-corrected chi connectivity index (χ0v) is 14.9. The molecule has 1 aromatic carbocycles. The number of primary amides is 1. The number of nitrogens with one attached hydrogen (secondary N) is 1. The van der Waals surface area contributed by atoms with Gasteiger partial charge in [-0.2, -0.15) is 13.2 Å². The van der Waals surface area contributed by atoms with E-state index in [1.165, 1.54) is 6.07 Å². The first-order valence-corrected chi connectivity index (χ1v) is 8.85. The highest BCUT2D eigenvalue weighted by Gasteiger charge is 2.47. The number of rotatable bonds is 3.